The molecule has 0 bridgehead atoms. The molecule has 5 nitrogen and oxygen atoms in total. The molecule has 1 aromatic carbocycles. The zero-order valence-electron chi connectivity index (χ0n) is 12.1. The largest absolute Gasteiger partial charge is 0.467 e. The number of carbonyl (C=O) groups excluding carboxylic acids is 2. The number of hydrogen-bond donors (Lipinski definition) is 1. The van der Waals surface area contributed by atoms with Crippen molar-refractivity contribution in [3.8, 4) is 0 Å². The predicted octanol–water partition coefficient (Wildman–Crippen LogP) is 1.23. The van der Waals surface area contributed by atoms with E-state index in [4.69, 9.17) is 9.47 Å². The van der Waals surface area contributed by atoms with Crippen LogP contribution in [0, 0.1) is 6.92 Å². The molecule has 1 N–H and O–H groups in total. The summed E-state index contributed by atoms with van der Waals surface area (Å²) in [5.74, 6) is -0.787. The first kappa shape index (κ1) is 16.2. The van der Waals surface area contributed by atoms with Gasteiger partial charge in [-0.1, -0.05) is 29.8 Å². The van der Waals surface area contributed by atoms with E-state index in [1.54, 1.807) is 6.92 Å². The fourth-order valence-electron chi connectivity index (χ4n) is 1.73. The molecule has 0 aliphatic rings. The van der Waals surface area contributed by atoms with Crippen LogP contribution < -0.4 is 5.32 Å². The Balaban J connectivity index is 2.67. The minimum atomic E-state index is -0.698. The van der Waals surface area contributed by atoms with Crippen molar-refractivity contribution < 1.29 is 19.1 Å². The highest BCUT2D eigenvalue weighted by molar-refractivity contribution is 5.85. The molecule has 5 heteroatoms. The van der Waals surface area contributed by atoms with Gasteiger partial charge in [-0.2, -0.15) is 0 Å². The third-order valence-corrected chi connectivity index (χ3v) is 2.82. The normalized spacial score (nSPS) is 11.8. The number of amides is 1. The van der Waals surface area contributed by atoms with E-state index in [1.165, 1.54) is 7.11 Å². The average Bonchev–Trinajstić information content (AvgIpc) is 2.45. The van der Waals surface area contributed by atoms with Gasteiger partial charge in [-0.15, -0.1) is 0 Å². The summed E-state index contributed by atoms with van der Waals surface area (Å²) < 4.78 is 9.73. The van der Waals surface area contributed by atoms with E-state index in [2.05, 4.69) is 5.32 Å². The van der Waals surface area contributed by atoms with E-state index in [1.807, 2.05) is 31.2 Å². The topological polar surface area (TPSA) is 64.6 Å². The molecule has 0 aliphatic heterocycles. The molecule has 1 aromatic rings. The van der Waals surface area contributed by atoms with Gasteiger partial charge in [0, 0.05) is 13.0 Å². The van der Waals surface area contributed by atoms with Crippen molar-refractivity contribution in [2.24, 2.45) is 0 Å². The molecule has 110 valence electrons. The molecule has 0 unspecified atom stereocenters. The number of ether oxygens (including phenoxy) is 2. The summed E-state index contributed by atoms with van der Waals surface area (Å²) in [7, 11) is 1.30. The maximum atomic E-state index is 11.7. The lowest BCUT2D eigenvalue weighted by atomic mass is 10.0. The summed E-state index contributed by atoms with van der Waals surface area (Å²) >= 11 is 0. The number of aryl methyl sites for hydroxylation is 1. The minimum absolute atomic E-state index is 0.0576. The van der Waals surface area contributed by atoms with Gasteiger partial charge in [0.25, 0.3) is 0 Å². The zero-order valence-corrected chi connectivity index (χ0v) is 12.1. The van der Waals surface area contributed by atoms with Gasteiger partial charge < -0.3 is 14.8 Å². The summed E-state index contributed by atoms with van der Waals surface area (Å²) in [4.78, 5) is 23.3. The maximum absolute atomic E-state index is 11.7. The van der Waals surface area contributed by atoms with Crippen LogP contribution in [0.25, 0.3) is 0 Å². The lowest BCUT2D eigenvalue weighted by Crippen LogP contribution is -2.44. The molecule has 1 rings (SSSR count). The maximum Gasteiger partial charge on any atom is 0.328 e. The number of esters is 1. The Kier molecular flexibility index (Phi) is 6.73. The van der Waals surface area contributed by atoms with E-state index >= 15 is 0 Å². The highest BCUT2D eigenvalue weighted by Crippen LogP contribution is 2.07. The number of benzene rings is 1. The van der Waals surface area contributed by atoms with Crippen molar-refractivity contribution in [1.82, 2.24) is 5.32 Å². The van der Waals surface area contributed by atoms with Gasteiger partial charge in [0.2, 0.25) is 5.91 Å². The standard InChI is InChI=1S/C15H21NO4/c1-4-20-10-14(17)16-13(15(18)19-3)9-12-7-5-11(2)6-8-12/h5-8,13H,4,9-10H2,1-3H3,(H,16,17)/t13-/m0/s1. The molecule has 0 heterocycles. The Hall–Kier alpha value is -1.88. The van der Waals surface area contributed by atoms with Gasteiger partial charge in [-0.25, -0.2) is 4.79 Å². The van der Waals surface area contributed by atoms with Crippen LogP contribution in [-0.2, 0) is 25.5 Å². The second-order valence-corrected chi connectivity index (χ2v) is 4.47. The van der Waals surface area contributed by atoms with Crippen molar-refractivity contribution >= 4 is 11.9 Å². The van der Waals surface area contributed by atoms with Crippen molar-refractivity contribution in [3.05, 3.63) is 35.4 Å². The fourth-order valence-corrected chi connectivity index (χ4v) is 1.73. The summed E-state index contributed by atoms with van der Waals surface area (Å²) in [6.07, 6.45) is 0.394. The van der Waals surface area contributed by atoms with Gasteiger partial charge in [-0.3, -0.25) is 4.79 Å². The molecule has 1 amide bonds. The van der Waals surface area contributed by atoms with Gasteiger partial charge in [-0.05, 0) is 19.4 Å². The van der Waals surface area contributed by atoms with Gasteiger partial charge in [0.05, 0.1) is 7.11 Å². The lowest BCUT2D eigenvalue weighted by Gasteiger charge is -2.16. The Morgan fingerprint density at radius 3 is 2.45 bits per heavy atom. The molecule has 0 saturated heterocycles. The first-order chi connectivity index (χ1) is 9.56. The Bertz CT molecular complexity index is 442. The quantitative estimate of drug-likeness (QED) is 0.763. The fraction of sp³-hybridized carbons (Fsp3) is 0.467. The molecule has 0 spiro atoms. The monoisotopic (exact) mass is 279 g/mol. The number of nitrogens with one attached hydrogen (secondary N) is 1. The molecular weight excluding hydrogens is 258 g/mol. The summed E-state index contributed by atoms with van der Waals surface area (Å²) in [5, 5.41) is 2.63. The molecule has 0 aliphatic carbocycles. The second kappa shape index (κ2) is 8.32. The van der Waals surface area contributed by atoms with Crippen LogP contribution >= 0.6 is 0 Å². The molecule has 0 aromatic heterocycles. The van der Waals surface area contributed by atoms with Crippen LogP contribution in [0.3, 0.4) is 0 Å². The highest BCUT2D eigenvalue weighted by atomic mass is 16.5. The van der Waals surface area contributed by atoms with Crippen LogP contribution in [0.2, 0.25) is 0 Å². The molecular formula is C15H21NO4. The zero-order chi connectivity index (χ0) is 15.0. The van der Waals surface area contributed by atoms with Crippen LogP contribution in [0.5, 0.6) is 0 Å². The minimum Gasteiger partial charge on any atom is -0.467 e. The first-order valence-corrected chi connectivity index (χ1v) is 6.57. The third kappa shape index (κ3) is 5.40. The van der Waals surface area contributed by atoms with E-state index in [-0.39, 0.29) is 12.5 Å². The first-order valence-electron chi connectivity index (χ1n) is 6.57. The van der Waals surface area contributed by atoms with Crippen molar-refractivity contribution in [3.63, 3.8) is 0 Å². The smallest absolute Gasteiger partial charge is 0.328 e. The van der Waals surface area contributed by atoms with Gasteiger partial charge >= 0.3 is 5.97 Å². The van der Waals surface area contributed by atoms with Crippen LogP contribution in [-0.4, -0.2) is 38.2 Å². The number of methoxy groups -OCH3 is 1. The molecule has 0 radical (unpaired) electrons. The summed E-state index contributed by atoms with van der Waals surface area (Å²) in [6.45, 7) is 4.19. The second-order valence-electron chi connectivity index (χ2n) is 4.47. The SMILES string of the molecule is CCOCC(=O)N[C@@H](Cc1ccc(C)cc1)C(=O)OC. The molecule has 0 saturated carbocycles. The molecule has 0 fully saturated rings. The van der Waals surface area contributed by atoms with Crippen LogP contribution in [0.4, 0.5) is 0 Å². The number of carbonyl (C=O) groups is 2. The Morgan fingerprint density at radius 2 is 1.90 bits per heavy atom. The van der Waals surface area contributed by atoms with E-state index in [0.717, 1.165) is 11.1 Å². The third-order valence-electron chi connectivity index (χ3n) is 2.82. The van der Waals surface area contributed by atoms with E-state index < -0.39 is 12.0 Å². The number of hydrogen-bond acceptors (Lipinski definition) is 4. The highest BCUT2D eigenvalue weighted by Gasteiger charge is 2.21. The number of rotatable bonds is 7. The van der Waals surface area contributed by atoms with Gasteiger partial charge in [0.15, 0.2) is 0 Å². The molecule has 1 atom stereocenters. The lowest BCUT2D eigenvalue weighted by molar-refractivity contribution is -0.145. The molecule has 20 heavy (non-hydrogen) atoms. The van der Waals surface area contributed by atoms with Crippen LogP contribution in [0.1, 0.15) is 18.1 Å². The van der Waals surface area contributed by atoms with E-state index in [0.29, 0.717) is 13.0 Å². The Labute approximate surface area is 119 Å². The Morgan fingerprint density at radius 1 is 1.25 bits per heavy atom. The predicted molar refractivity (Wildman–Crippen MR) is 75.3 cm³/mol. The summed E-state index contributed by atoms with van der Waals surface area (Å²) in [5.41, 5.74) is 2.10. The van der Waals surface area contributed by atoms with Crippen molar-refractivity contribution in [2.45, 2.75) is 26.3 Å². The van der Waals surface area contributed by atoms with Crippen molar-refractivity contribution in [1.29, 1.82) is 0 Å². The summed E-state index contributed by atoms with van der Waals surface area (Å²) in [6, 6.07) is 7.09. The van der Waals surface area contributed by atoms with Crippen molar-refractivity contribution in [2.75, 3.05) is 20.3 Å². The van der Waals surface area contributed by atoms with Gasteiger partial charge in [0.1, 0.15) is 12.6 Å². The van der Waals surface area contributed by atoms with Crippen LogP contribution in [0.15, 0.2) is 24.3 Å². The van der Waals surface area contributed by atoms with E-state index in [9.17, 15) is 9.59 Å². The average molecular weight is 279 g/mol.